The van der Waals surface area contributed by atoms with Crippen LogP contribution in [0.25, 0.3) is 0 Å². The van der Waals surface area contributed by atoms with Crippen molar-refractivity contribution >= 4 is 11.9 Å². The second-order valence-corrected chi connectivity index (χ2v) is 7.92. The Hall–Kier alpha value is -1.78. The highest BCUT2D eigenvalue weighted by molar-refractivity contribution is 5.90. The third-order valence-electron chi connectivity index (χ3n) is 4.33. The average Bonchev–Trinajstić information content (AvgIpc) is 3.10. The van der Waals surface area contributed by atoms with Gasteiger partial charge in [-0.1, -0.05) is 66.2 Å². The second kappa shape index (κ2) is 13.4. The van der Waals surface area contributed by atoms with Gasteiger partial charge < -0.3 is 13.9 Å². The molecule has 0 N–H and O–H groups in total. The van der Waals surface area contributed by atoms with Crippen LogP contribution in [0.1, 0.15) is 100 Å². The molecule has 0 saturated carbocycles. The molecule has 1 aromatic heterocycles. The van der Waals surface area contributed by atoms with E-state index < -0.39 is 11.9 Å². The van der Waals surface area contributed by atoms with E-state index in [4.69, 9.17) is 13.9 Å². The zero-order valence-electron chi connectivity index (χ0n) is 17.4. The Morgan fingerprint density at radius 1 is 0.741 bits per heavy atom. The van der Waals surface area contributed by atoms with Gasteiger partial charge in [0, 0.05) is 0 Å². The fourth-order valence-electron chi connectivity index (χ4n) is 2.69. The minimum Gasteiger partial charge on any atom is -0.460 e. The van der Waals surface area contributed by atoms with Gasteiger partial charge in [0.2, 0.25) is 11.5 Å². The van der Waals surface area contributed by atoms with Crippen LogP contribution in [0.2, 0.25) is 0 Å². The molecule has 5 heteroatoms. The quantitative estimate of drug-likeness (QED) is 0.291. The third kappa shape index (κ3) is 10.8. The maximum atomic E-state index is 11.9. The Morgan fingerprint density at radius 2 is 1.15 bits per heavy atom. The van der Waals surface area contributed by atoms with Gasteiger partial charge in [0.25, 0.3) is 0 Å². The molecule has 154 valence electrons. The van der Waals surface area contributed by atoms with Crippen molar-refractivity contribution in [2.75, 3.05) is 13.2 Å². The molecule has 27 heavy (non-hydrogen) atoms. The molecule has 0 aromatic carbocycles. The van der Waals surface area contributed by atoms with E-state index in [2.05, 4.69) is 27.7 Å². The maximum absolute atomic E-state index is 11.9. The molecule has 0 atom stereocenters. The van der Waals surface area contributed by atoms with E-state index in [-0.39, 0.29) is 11.5 Å². The highest BCUT2D eigenvalue weighted by Gasteiger charge is 2.17. The number of rotatable bonds is 14. The summed E-state index contributed by atoms with van der Waals surface area (Å²) in [4.78, 5) is 23.9. The van der Waals surface area contributed by atoms with Crippen LogP contribution in [-0.2, 0) is 9.47 Å². The third-order valence-corrected chi connectivity index (χ3v) is 4.33. The lowest BCUT2D eigenvalue weighted by Gasteiger charge is -2.05. The first-order valence-corrected chi connectivity index (χ1v) is 10.3. The Kier molecular flexibility index (Phi) is 11.5. The van der Waals surface area contributed by atoms with Gasteiger partial charge in [-0.3, -0.25) is 0 Å². The minimum atomic E-state index is -0.536. The Morgan fingerprint density at radius 3 is 1.52 bits per heavy atom. The van der Waals surface area contributed by atoms with Crippen LogP contribution in [-0.4, -0.2) is 25.2 Å². The number of ether oxygens (including phenoxy) is 2. The van der Waals surface area contributed by atoms with Crippen LogP contribution in [0.3, 0.4) is 0 Å². The zero-order chi connectivity index (χ0) is 20.1. The molecule has 0 aliphatic rings. The Labute approximate surface area is 163 Å². The largest absolute Gasteiger partial charge is 0.460 e. The molecule has 0 unspecified atom stereocenters. The van der Waals surface area contributed by atoms with E-state index in [1.54, 1.807) is 0 Å². The van der Waals surface area contributed by atoms with Crippen molar-refractivity contribution in [3.8, 4) is 0 Å². The van der Waals surface area contributed by atoms with Gasteiger partial charge in [0.05, 0.1) is 13.2 Å². The van der Waals surface area contributed by atoms with E-state index >= 15 is 0 Å². The fraction of sp³-hybridized carbons (Fsp3) is 0.727. The molecule has 0 aliphatic heterocycles. The van der Waals surface area contributed by atoms with Gasteiger partial charge >= 0.3 is 11.9 Å². The van der Waals surface area contributed by atoms with E-state index in [0.29, 0.717) is 25.0 Å². The van der Waals surface area contributed by atoms with Crippen molar-refractivity contribution in [3.63, 3.8) is 0 Å². The van der Waals surface area contributed by atoms with Crippen molar-refractivity contribution in [2.45, 2.75) is 79.1 Å². The van der Waals surface area contributed by atoms with Gasteiger partial charge in [0.15, 0.2) is 0 Å². The average molecular weight is 381 g/mol. The first-order valence-electron chi connectivity index (χ1n) is 10.3. The normalized spacial score (nSPS) is 11.2. The zero-order valence-corrected chi connectivity index (χ0v) is 17.4. The molecule has 1 heterocycles. The highest BCUT2D eigenvalue weighted by atomic mass is 16.6. The highest BCUT2D eigenvalue weighted by Crippen LogP contribution is 2.13. The summed E-state index contributed by atoms with van der Waals surface area (Å²) in [5, 5.41) is 0. The fourth-order valence-corrected chi connectivity index (χ4v) is 2.69. The van der Waals surface area contributed by atoms with E-state index in [1.807, 2.05) is 0 Å². The standard InChI is InChI=1S/C22H36O5/c1-17(2)11-7-5-9-15-25-21(23)19-13-14-20(27-19)22(24)26-16-10-6-8-12-18(3)4/h13-14,17-18H,5-12,15-16H2,1-4H3. The summed E-state index contributed by atoms with van der Waals surface area (Å²) in [5.41, 5.74) is 0. The predicted octanol–water partition coefficient (Wildman–Crippen LogP) is 6.03. The van der Waals surface area contributed by atoms with E-state index in [9.17, 15) is 9.59 Å². The second-order valence-electron chi connectivity index (χ2n) is 7.92. The van der Waals surface area contributed by atoms with Crippen LogP contribution >= 0.6 is 0 Å². The summed E-state index contributed by atoms with van der Waals surface area (Å²) in [7, 11) is 0. The number of hydrogen-bond donors (Lipinski definition) is 0. The van der Waals surface area contributed by atoms with E-state index in [1.165, 1.54) is 25.0 Å². The molecule has 1 aromatic rings. The van der Waals surface area contributed by atoms with Gasteiger partial charge in [-0.05, 0) is 36.8 Å². The minimum absolute atomic E-state index is 0.0427. The molecule has 0 amide bonds. The molecular formula is C22H36O5. The lowest BCUT2D eigenvalue weighted by Crippen LogP contribution is -2.07. The number of carbonyl (C=O) groups excluding carboxylic acids is 2. The van der Waals surface area contributed by atoms with E-state index in [0.717, 1.165) is 38.5 Å². The Balaban J connectivity index is 2.21. The molecule has 0 aliphatic carbocycles. The van der Waals surface area contributed by atoms with Crippen LogP contribution in [0.15, 0.2) is 16.5 Å². The molecular weight excluding hydrogens is 344 g/mol. The van der Waals surface area contributed by atoms with Gasteiger partial charge in [-0.2, -0.15) is 0 Å². The van der Waals surface area contributed by atoms with Crippen LogP contribution in [0.5, 0.6) is 0 Å². The first-order chi connectivity index (χ1) is 12.9. The lowest BCUT2D eigenvalue weighted by molar-refractivity contribution is 0.0426. The number of carbonyl (C=O) groups is 2. The summed E-state index contributed by atoms with van der Waals surface area (Å²) in [6, 6.07) is 2.92. The smallest absolute Gasteiger partial charge is 0.374 e. The van der Waals surface area contributed by atoms with Crippen molar-refractivity contribution in [3.05, 3.63) is 23.7 Å². The first kappa shape index (κ1) is 23.3. The van der Waals surface area contributed by atoms with Crippen LogP contribution in [0, 0.1) is 11.8 Å². The molecule has 1 rings (SSSR count). The molecule has 0 bridgehead atoms. The van der Waals surface area contributed by atoms with Gasteiger partial charge in [0.1, 0.15) is 0 Å². The maximum Gasteiger partial charge on any atom is 0.374 e. The van der Waals surface area contributed by atoms with Gasteiger partial charge in [-0.25, -0.2) is 9.59 Å². The summed E-state index contributed by atoms with van der Waals surface area (Å²) >= 11 is 0. The number of esters is 2. The summed E-state index contributed by atoms with van der Waals surface area (Å²) < 4.78 is 15.7. The summed E-state index contributed by atoms with van der Waals surface area (Å²) in [5.74, 6) is 0.420. The van der Waals surface area contributed by atoms with Crippen molar-refractivity contribution in [2.24, 2.45) is 11.8 Å². The van der Waals surface area contributed by atoms with Crippen LogP contribution in [0.4, 0.5) is 0 Å². The topological polar surface area (TPSA) is 65.7 Å². The number of furan rings is 1. The summed E-state index contributed by atoms with van der Waals surface area (Å²) in [6.07, 6.45) is 8.42. The molecule has 0 saturated heterocycles. The van der Waals surface area contributed by atoms with Gasteiger partial charge in [-0.15, -0.1) is 0 Å². The van der Waals surface area contributed by atoms with Crippen molar-refractivity contribution in [1.29, 1.82) is 0 Å². The Bertz CT molecular complexity index is 498. The predicted molar refractivity (Wildman–Crippen MR) is 106 cm³/mol. The summed E-state index contributed by atoms with van der Waals surface area (Å²) in [6.45, 7) is 9.54. The van der Waals surface area contributed by atoms with Crippen molar-refractivity contribution in [1.82, 2.24) is 0 Å². The van der Waals surface area contributed by atoms with Crippen LogP contribution < -0.4 is 0 Å². The number of unbranched alkanes of at least 4 members (excludes halogenated alkanes) is 4. The number of hydrogen-bond acceptors (Lipinski definition) is 5. The molecule has 5 nitrogen and oxygen atoms in total. The lowest BCUT2D eigenvalue weighted by atomic mass is 10.1. The molecule has 0 spiro atoms. The SMILES string of the molecule is CC(C)CCCCCOC(=O)c1ccc(C(=O)OCCCCCC(C)C)o1. The molecule has 0 radical (unpaired) electrons. The monoisotopic (exact) mass is 380 g/mol. The molecule has 0 fully saturated rings. The van der Waals surface area contributed by atoms with Crippen molar-refractivity contribution < 1.29 is 23.5 Å².